The fourth-order valence-electron chi connectivity index (χ4n) is 6.68. The average Bonchev–Trinajstić information content (AvgIpc) is 3.32. The average molecular weight is 617 g/mol. The molecule has 0 amide bonds. The van der Waals surface area contributed by atoms with Crippen molar-refractivity contribution in [3.8, 4) is 0 Å². The predicted molar refractivity (Wildman–Crippen MR) is 172 cm³/mol. The summed E-state index contributed by atoms with van der Waals surface area (Å²) >= 11 is 0. The van der Waals surface area contributed by atoms with Gasteiger partial charge in [0.15, 0.2) is 0 Å². The summed E-state index contributed by atoms with van der Waals surface area (Å²) in [4.78, 5) is 0.478. The summed E-state index contributed by atoms with van der Waals surface area (Å²) in [6, 6.07) is 19.2. The lowest BCUT2D eigenvalue weighted by Crippen LogP contribution is -2.52. The highest BCUT2D eigenvalue weighted by Crippen LogP contribution is 2.49. The monoisotopic (exact) mass is 616 g/mol. The Morgan fingerprint density at radius 1 is 0.833 bits per heavy atom. The molecule has 1 aromatic heterocycles. The summed E-state index contributed by atoms with van der Waals surface area (Å²) in [5, 5.41) is 2.16. The van der Waals surface area contributed by atoms with Gasteiger partial charge >= 0.3 is 0 Å². The van der Waals surface area contributed by atoms with E-state index < -0.39 is 34.2 Å². The minimum absolute atomic E-state index is 0.140. The van der Waals surface area contributed by atoms with E-state index in [1.165, 1.54) is 9.17 Å². The molecular formula is C33H36N2O4S2Si. The van der Waals surface area contributed by atoms with Gasteiger partial charge in [-0.25, -0.2) is 20.8 Å². The number of nitrogens with zero attached hydrogens (tertiary/aromatic N) is 2. The third-order valence-corrected chi connectivity index (χ3v) is 14.4. The highest BCUT2D eigenvalue weighted by Gasteiger charge is 2.47. The SMILES string of the molecule is C=C[C@@H]1CN(S(=O)(=O)c2ccc(C)cc2)[C@@H]2Cc3cn(S(=O)(=O)c4ccc(C)cc4)c4cccc(c34)C2=C1[Si](C)(C)C. The van der Waals surface area contributed by atoms with E-state index in [4.69, 9.17) is 0 Å². The van der Waals surface area contributed by atoms with Gasteiger partial charge in [-0.2, -0.15) is 4.31 Å². The van der Waals surface area contributed by atoms with Gasteiger partial charge in [-0.3, -0.25) is 0 Å². The van der Waals surface area contributed by atoms with Crippen LogP contribution in [0, 0.1) is 19.8 Å². The minimum Gasteiger partial charge on any atom is -0.241 e. The molecule has 1 aliphatic heterocycles. The van der Waals surface area contributed by atoms with E-state index in [1.54, 1.807) is 46.9 Å². The second-order valence-electron chi connectivity index (χ2n) is 12.5. The van der Waals surface area contributed by atoms with Crippen LogP contribution < -0.4 is 0 Å². The molecule has 2 heterocycles. The molecule has 0 spiro atoms. The number of aryl methyl sites for hydroxylation is 2. The van der Waals surface area contributed by atoms with Crippen LogP contribution >= 0.6 is 0 Å². The fourth-order valence-corrected chi connectivity index (χ4v) is 12.1. The lowest BCUT2D eigenvalue weighted by Gasteiger charge is -2.46. The summed E-state index contributed by atoms with van der Waals surface area (Å²) in [5.41, 5.74) is 5.35. The van der Waals surface area contributed by atoms with Crippen LogP contribution in [0.5, 0.6) is 0 Å². The standard InChI is InChI=1S/C33H36N2O4S2Si/c1-7-24-20-35(41(38,39)27-17-13-23(3)14-18-27)30-19-25-21-34(40(36,37)26-15-11-22(2)12-16-26)29-10-8-9-28(31(25)29)32(30)33(24)42(4,5)6/h7-18,21,24,30H,1,19-20H2,2-6H3/t24-,30-/m1/s1. The molecule has 0 unspecified atom stereocenters. The number of hydrogen-bond acceptors (Lipinski definition) is 4. The molecule has 1 aliphatic carbocycles. The largest absolute Gasteiger partial charge is 0.268 e. The van der Waals surface area contributed by atoms with Crippen LogP contribution in [-0.2, 0) is 26.5 Å². The van der Waals surface area contributed by atoms with E-state index >= 15 is 0 Å². The maximum Gasteiger partial charge on any atom is 0.268 e. The molecule has 218 valence electrons. The minimum atomic E-state index is -3.88. The number of fused-ring (bicyclic) bond motifs is 2. The van der Waals surface area contributed by atoms with E-state index in [9.17, 15) is 16.8 Å². The molecule has 0 saturated carbocycles. The zero-order chi connectivity index (χ0) is 30.2. The van der Waals surface area contributed by atoms with Crippen molar-refractivity contribution in [2.75, 3.05) is 6.54 Å². The van der Waals surface area contributed by atoms with Gasteiger partial charge in [-0.05, 0) is 67.3 Å². The van der Waals surface area contributed by atoms with Crippen molar-refractivity contribution in [3.05, 3.63) is 113 Å². The number of sulfonamides is 1. The van der Waals surface area contributed by atoms with Gasteiger partial charge in [0.1, 0.15) is 0 Å². The van der Waals surface area contributed by atoms with Crippen LogP contribution in [0.15, 0.2) is 101 Å². The Hall–Kier alpha value is -3.24. The van der Waals surface area contributed by atoms with Gasteiger partial charge in [0.2, 0.25) is 10.0 Å². The van der Waals surface area contributed by atoms with Gasteiger partial charge in [0.25, 0.3) is 10.0 Å². The summed E-state index contributed by atoms with van der Waals surface area (Å²) in [5.74, 6) is -0.140. The Bertz CT molecular complexity index is 1980. The van der Waals surface area contributed by atoms with Crippen molar-refractivity contribution >= 4 is 44.6 Å². The molecule has 6 rings (SSSR count). The summed E-state index contributed by atoms with van der Waals surface area (Å²) in [7, 11) is -9.73. The van der Waals surface area contributed by atoms with Crippen LogP contribution in [0.25, 0.3) is 16.5 Å². The maximum atomic E-state index is 14.3. The lowest BCUT2D eigenvalue weighted by molar-refractivity contribution is 0.333. The highest BCUT2D eigenvalue weighted by molar-refractivity contribution is 7.90. The Labute approximate surface area is 250 Å². The van der Waals surface area contributed by atoms with Gasteiger partial charge in [0.05, 0.1) is 29.4 Å². The smallest absolute Gasteiger partial charge is 0.241 e. The number of hydrogen-bond donors (Lipinski definition) is 0. The van der Waals surface area contributed by atoms with Crippen molar-refractivity contribution in [2.24, 2.45) is 5.92 Å². The zero-order valence-corrected chi connectivity index (χ0v) is 27.3. The molecule has 0 radical (unpaired) electrons. The Morgan fingerprint density at radius 3 is 1.95 bits per heavy atom. The summed E-state index contributed by atoms with van der Waals surface area (Å²) < 4.78 is 59.4. The van der Waals surface area contributed by atoms with Crippen LogP contribution in [0.1, 0.15) is 22.3 Å². The molecule has 42 heavy (non-hydrogen) atoms. The van der Waals surface area contributed by atoms with E-state index in [1.807, 2.05) is 50.3 Å². The Balaban J connectivity index is 1.62. The topological polar surface area (TPSA) is 76.5 Å². The quantitative estimate of drug-likeness (QED) is 0.182. The van der Waals surface area contributed by atoms with E-state index in [0.717, 1.165) is 33.2 Å². The maximum absolute atomic E-state index is 14.3. The molecule has 0 N–H and O–H groups in total. The molecule has 2 aliphatic rings. The van der Waals surface area contributed by atoms with Gasteiger partial charge in [0, 0.05) is 24.0 Å². The molecule has 0 saturated heterocycles. The van der Waals surface area contributed by atoms with Gasteiger partial charge in [-0.15, -0.1) is 6.58 Å². The molecule has 0 fully saturated rings. The first-order valence-corrected chi connectivity index (χ1v) is 20.5. The van der Waals surface area contributed by atoms with Gasteiger partial charge in [-0.1, -0.05) is 78.4 Å². The second-order valence-corrected chi connectivity index (χ2v) is 21.2. The van der Waals surface area contributed by atoms with Crippen molar-refractivity contribution < 1.29 is 16.8 Å². The van der Waals surface area contributed by atoms with Gasteiger partial charge < -0.3 is 0 Å². The molecule has 0 bridgehead atoms. The number of rotatable bonds is 6. The Kier molecular flexibility index (Phi) is 6.81. The van der Waals surface area contributed by atoms with Crippen molar-refractivity contribution in [1.82, 2.24) is 8.28 Å². The second kappa shape index (κ2) is 9.91. The first kappa shape index (κ1) is 28.9. The molecule has 3 aromatic carbocycles. The molecular weight excluding hydrogens is 581 g/mol. The van der Waals surface area contributed by atoms with Crippen molar-refractivity contribution in [2.45, 2.75) is 55.7 Å². The van der Waals surface area contributed by atoms with E-state index in [2.05, 4.69) is 26.2 Å². The predicted octanol–water partition coefficient (Wildman–Crippen LogP) is 6.56. The molecule has 9 heteroatoms. The fraction of sp³-hybridized carbons (Fsp3) is 0.273. The normalized spacial score (nSPS) is 19.6. The van der Waals surface area contributed by atoms with Crippen molar-refractivity contribution in [1.29, 1.82) is 0 Å². The molecule has 6 nitrogen and oxygen atoms in total. The summed E-state index contributed by atoms with van der Waals surface area (Å²) in [6.07, 6.45) is 3.98. The number of benzene rings is 3. The summed E-state index contributed by atoms with van der Waals surface area (Å²) in [6.45, 7) is 15.2. The lowest BCUT2D eigenvalue weighted by atomic mass is 9.80. The Morgan fingerprint density at radius 2 is 1.40 bits per heavy atom. The van der Waals surface area contributed by atoms with E-state index in [-0.39, 0.29) is 15.7 Å². The highest BCUT2D eigenvalue weighted by atomic mass is 32.2. The molecule has 4 aromatic rings. The third-order valence-electron chi connectivity index (χ3n) is 8.59. The van der Waals surface area contributed by atoms with Crippen LogP contribution in [0.4, 0.5) is 0 Å². The van der Waals surface area contributed by atoms with Crippen LogP contribution in [0.3, 0.4) is 0 Å². The zero-order valence-electron chi connectivity index (χ0n) is 24.6. The first-order valence-electron chi connectivity index (χ1n) is 14.2. The van der Waals surface area contributed by atoms with Crippen molar-refractivity contribution in [3.63, 3.8) is 0 Å². The molecule has 2 atom stereocenters. The van der Waals surface area contributed by atoms with E-state index in [0.29, 0.717) is 18.5 Å². The third kappa shape index (κ3) is 4.45. The van der Waals surface area contributed by atoms with Crippen LogP contribution in [-0.4, -0.2) is 45.8 Å². The number of aromatic nitrogens is 1. The first-order chi connectivity index (χ1) is 19.7. The van der Waals surface area contributed by atoms with Crippen LogP contribution in [0.2, 0.25) is 19.6 Å².